The van der Waals surface area contributed by atoms with E-state index in [1.807, 2.05) is 13.8 Å². The number of hydrogen-bond donors (Lipinski definition) is 3. The number of hydrogen-bond acceptors (Lipinski definition) is 4. The summed E-state index contributed by atoms with van der Waals surface area (Å²) in [4.78, 5) is 21.6. The van der Waals surface area contributed by atoms with Gasteiger partial charge < -0.3 is 5.32 Å². The number of nitro groups is 1. The number of thiocarbonyl (C=S) groups is 1. The standard InChI is InChI=1S/C11H14N4O3S/c1-7(2)12-11(19)14-13-10(16)8-3-5-9(6-4-8)15(17)18/h3-7H,1-2H3,(H,13,16)(H2,12,14,19). The quantitative estimate of drug-likeness (QED) is 0.436. The van der Waals surface area contributed by atoms with Crippen LogP contribution >= 0.6 is 12.2 Å². The lowest BCUT2D eigenvalue weighted by molar-refractivity contribution is -0.384. The molecule has 0 aliphatic carbocycles. The minimum atomic E-state index is -0.526. The molecule has 0 radical (unpaired) electrons. The van der Waals surface area contributed by atoms with Gasteiger partial charge >= 0.3 is 0 Å². The molecule has 0 bridgehead atoms. The molecule has 0 heterocycles. The molecule has 0 spiro atoms. The normalized spacial score (nSPS) is 9.84. The SMILES string of the molecule is CC(C)NC(=S)NNC(=O)c1ccc([N+](=O)[O-])cc1. The smallest absolute Gasteiger partial charge is 0.269 e. The molecule has 1 aromatic rings. The second kappa shape index (κ2) is 6.64. The Labute approximate surface area is 115 Å². The third-order valence-electron chi connectivity index (χ3n) is 2.05. The maximum Gasteiger partial charge on any atom is 0.269 e. The van der Waals surface area contributed by atoms with Gasteiger partial charge in [-0.2, -0.15) is 0 Å². The second-order valence-electron chi connectivity index (χ2n) is 4.01. The summed E-state index contributed by atoms with van der Waals surface area (Å²) in [6, 6.07) is 5.41. The van der Waals surface area contributed by atoms with E-state index in [0.717, 1.165) is 0 Å². The zero-order chi connectivity index (χ0) is 14.4. The fourth-order valence-corrected chi connectivity index (χ4v) is 1.51. The average Bonchev–Trinajstić information content (AvgIpc) is 2.35. The Balaban J connectivity index is 2.54. The number of non-ortho nitro benzene ring substituents is 1. The summed E-state index contributed by atoms with van der Waals surface area (Å²) in [5.41, 5.74) is 5.16. The predicted octanol–water partition coefficient (Wildman–Crippen LogP) is 1.11. The maximum atomic E-state index is 11.7. The lowest BCUT2D eigenvalue weighted by Gasteiger charge is -2.13. The minimum absolute atomic E-state index is 0.0681. The third-order valence-corrected chi connectivity index (χ3v) is 2.27. The molecule has 0 saturated carbocycles. The van der Waals surface area contributed by atoms with Crippen LogP contribution in [0.1, 0.15) is 24.2 Å². The molecule has 1 aromatic carbocycles. The summed E-state index contributed by atoms with van der Waals surface area (Å²) in [6.07, 6.45) is 0. The molecule has 0 unspecified atom stereocenters. The van der Waals surface area contributed by atoms with Gasteiger partial charge in [-0.1, -0.05) is 0 Å². The molecule has 0 aliphatic heterocycles. The van der Waals surface area contributed by atoms with Crippen molar-refractivity contribution in [3.63, 3.8) is 0 Å². The van der Waals surface area contributed by atoms with Gasteiger partial charge in [0.1, 0.15) is 0 Å². The molecule has 0 fully saturated rings. The first kappa shape index (κ1) is 14.8. The molecule has 1 amide bonds. The topological polar surface area (TPSA) is 96.3 Å². The molecular weight excluding hydrogens is 268 g/mol. The first-order valence-corrected chi connectivity index (χ1v) is 5.92. The van der Waals surface area contributed by atoms with E-state index < -0.39 is 10.8 Å². The largest absolute Gasteiger partial charge is 0.359 e. The monoisotopic (exact) mass is 282 g/mol. The van der Waals surface area contributed by atoms with Crippen LogP contribution < -0.4 is 16.2 Å². The van der Waals surface area contributed by atoms with Crippen molar-refractivity contribution >= 4 is 28.9 Å². The first-order valence-electron chi connectivity index (χ1n) is 5.51. The summed E-state index contributed by atoms with van der Waals surface area (Å²) in [7, 11) is 0. The summed E-state index contributed by atoms with van der Waals surface area (Å²) in [5.74, 6) is -0.428. The third kappa shape index (κ3) is 4.88. The molecular formula is C11H14N4O3S. The Kier molecular flexibility index (Phi) is 5.19. The molecule has 3 N–H and O–H groups in total. The highest BCUT2D eigenvalue weighted by Gasteiger charge is 2.09. The van der Waals surface area contributed by atoms with Crippen molar-refractivity contribution < 1.29 is 9.72 Å². The summed E-state index contributed by atoms with van der Waals surface area (Å²) in [5, 5.41) is 13.7. The Morgan fingerprint density at radius 3 is 2.32 bits per heavy atom. The van der Waals surface area contributed by atoms with Gasteiger partial charge in [-0.25, -0.2) is 0 Å². The van der Waals surface area contributed by atoms with E-state index in [9.17, 15) is 14.9 Å². The van der Waals surface area contributed by atoms with Crippen LogP contribution in [0.4, 0.5) is 5.69 Å². The predicted molar refractivity (Wildman–Crippen MR) is 74.6 cm³/mol. The van der Waals surface area contributed by atoms with Gasteiger partial charge in [-0.3, -0.25) is 25.8 Å². The van der Waals surface area contributed by atoms with Crippen LogP contribution in [0, 0.1) is 10.1 Å². The molecule has 0 saturated heterocycles. The van der Waals surface area contributed by atoms with Crippen molar-refractivity contribution in [2.24, 2.45) is 0 Å². The van der Waals surface area contributed by atoms with Gasteiger partial charge in [0.05, 0.1) is 4.92 Å². The highest BCUT2D eigenvalue weighted by atomic mass is 32.1. The number of amides is 1. The average molecular weight is 282 g/mol. The number of nitro benzene ring substituents is 1. The highest BCUT2D eigenvalue weighted by molar-refractivity contribution is 7.80. The van der Waals surface area contributed by atoms with Gasteiger partial charge in [-0.15, -0.1) is 0 Å². The maximum absolute atomic E-state index is 11.7. The van der Waals surface area contributed by atoms with Gasteiger partial charge in [0.15, 0.2) is 5.11 Å². The lowest BCUT2D eigenvalue weighted by atomic mass is 10.2. The van der Waals surface area contributed by atoms with Crippen LogP contribution in [0.5, 0.6) is 0 Å². The number of hydrazine groups is 1. The number of carbonyl (C=O) groups excluding carboxylic acids is 1. The molecule has 1 rings (SSSR count). The van der Waals surface area contributed by atoms with E-state index in [1.54, 1.807) is 0 Å². The Morgan fingerprint density at radius 1 is 1.26 bits per heavy atom. The van der Waals surface area contributed by atoms with Gasteiger partial charge in [0.25, 0.3) is 11.6 Å². The van der Waals surface area contributed by atoms with Crippen molar-refractivity contribution in [3.8, 4) is 0 Å². The summed E-state index contributed by atoms with van der Waals surface area (Å²) >= 11 is 4.93. The van der Waals surface area contributed by atoms with E-state index >= 15 is 0 Å². The number of rotatable bonds is 3. The van der Waals surface area contributed by atoms with Crippen LogP contribution in [-0.4, -0.2) is 22.0 Å². The van der Waals surface area contributed by atoms with E-state index in [0.29, 0.717) is 10.7 Å². The number of nitrogens with one attached hydrogen (secondary N) is 3. The molecule has 8 heteroatoms. The van der Waals surface area contributed by atoms with Crippen molar-refractivity contribution in [2.75, 3.05) is 0 Å². The fourth-order valence-electron chi connectivity index (χ4n) is 1.22. The van der Waals surface area contributed by atoms with Crippen LogP contribution in [0.3, 0.4) is 0 Å². The van der Waals surface area contributed by atoms with E-state index in [2.05, 4.69) is 16.2 Å². The van der Waals surface area contributed by atoms with Gasteiger partial charge in [-0.05, 0) is 38.2 Å². The zero-order valence-corrected chi connectivity index (χ0v) is 11.3. The van der Waals surface area contributed by atoms with Crippen molar-refractivity contribution in [3.05, 3.63) is 39.9 Å². The Morgan fingerprint density at radius 2 is 1.84 bits per heavy atom. The highest BCUT2D eigenvalue weighted by Crippen LogP contribution is 2.11. The Bertz CT molecular complexity index is 487. The summed E-state index contributed by atoms with van der Waals surface area (Å²) < 4.78 is 0. The van der Waals surface area contributed by atoms with E-state index in [1.165, 1.54) is 24.3 Å². The number of nitrogens with zero attached hydrogens (tertiary/aromatic N) is 1. The minimum Gasteiger partial charge on any atom is -0.359 e. The Hall–Kier alpha value is -2.22. The van der Waals surface area contributed by atoms with Crippen LogP contribution in [0.25, 0.3) is 0 Å². The van der Waals surface area contributed by atoms with Crippen molar-refractivity contribution in [1.29, 1.82) is 0 Å². The fraction of sp³-hybridized carbons (Fsp3) is 0.273. The van der Waals surface area contributed by atoms with Gasteiger partial charge in [0, 0.05) is 23.7 Å². The molecule has 102 valence electrons. The number of benzene rings is 1. The molecule has 0 aliphatic rings. The number of carbonyl (C=O) groups is 1. The van der Waals surface area contributed by atoms with Crippen LogP contribution in [0.2, 0.25) is 0 Å². The molecule has 0 atom stereocenters. The van der Waals surface area contributed by atoms with Crippen molar-refractivity contribution in [1.82, 2.24) is 16.2 Å². The molecule has 7 nitrogen and oxygen atoms in total. The molecule has 19 heavy (non-hydrogen) atoms. The van der Waals surface area contributed by atoms with Gasteiger partial charge in [0.2, 0.25) is 0 Å². The van der Waals surface area contributed by atoms with Crippen LogP contribution in [0.15, 0.2) is 24.3 Å². The van der Waals surface area contributed by atoms with Crippen LogP contribution in [-0.2, 0) is 0 Å². The van der Waals surface area contributed by atoms with E-state index in [-0.39, 0.29) is 11.7 Å². The molecule has 0 aromatic heterocycles. The summed E-state index contributed by atoms with van der Waals surface area (Å²) in [6.45, 7) is 3.82. The van der Waals surface area contributed by atoms with E-state index in [4.69, 9.17) is 12.2 Å². The van der Waals surface area contributed by atoms with Crippen molar-refractivity contribution in [2.45, 2.75) is 19.9 Å². The first-order chi connectivity index (χ1) is 8.90. The lowest BCUT2D eigenvalue weighted by Crippen LogP contribution is -2.48. The zero-order valence-electron chi connectivity index (χ0n) is 10.5. The second-order valence-corrected chi connectivity index (χ2v) is 4.42.